The Morgan fingerprint density at radius 3 is 2.89 bits per heavy atom. The molecule has 0 spiro atoms. The third-order valence-corrected chi connectivity index (χ3v) is 4.46. The molecule has 0 bridgehead atoms. The average molecular weight is 391 g/mol. The van der Waals surface area contributed by atoms with Crippen LogP contribution in [-0.4, -0.2) is 44.2 Å². The van der Waals surface area contributed by atoms with E-state index in [0.717, 1.165) is 23.6 Å². The van der Waals surface area contributed by atoms with Crippen LogP contribution in [0.5, 0.6) is 11.5 Å². The average Bonchev–Trinajstić information content (AvgIpc) is 2.67. The summed E-state index contributed by atoms with van der Waals surface area (Å²) >= 11 is 6.29. The first-order chi connectivity index (χ1) is 13.1. The maximum Gasteiger partial charge on any atom is 0.239 e. The molecule has 2 heterocycles. The fourth-order valence-electron chi connectivity index (χ4n) is 2.90. The minimum Gasteiger partial charge on any atom is -0.491 e. The molecule has 1 aromatic heterocycles. The molecule has 1 aliphatic rings. The lowest BCUT2D eigenvalue weighted by molar-refractivity contribution is -0.120. The van der Waals surface area contributed by atoms with Gasteiger partial charge in [-0.15, -0.1) is 0 Å². The Bertz CT molecular complexity index is 798. The second-order valence-electron chi connectivity index (χ2n) is 6.07. The van der Waals surface area contributed by atoms with Crippen LogP contribution in [0.3, 0.4) is 0 Å². The monoisotopic (exact) mass is 390 g/mol. The Morgan fingerprint density at radius 2 is 2.22 bits per heavy atom. The Hall–Kier alpha value is -2.67. The summed E-state index contributed by atoms with van der Waals surface area (Å²) in [6.45, 7) is 4.75. The highest BCUT2D eigenvalue weighted by molar-refractivity contribution is 6.32. The zero-order valence-corrected chi connectivity index (χ0v) is 16.2. The predicted molar refractivity (Wildman–Crippen MR) is 106 cm³/mol. The van der Waals surface area contributed by atoms with Gasteiger partial charge in [0.2, 0.25) is 5.91 Å². The van der Waals surface area contributed by atoms with Crippen molar-refractivity contribution < 1.29 is 14.3 Å². The third-order valence-electron chi connectivity index (χ3n) is 4.18. The molecule has 1 saturated heterocycles. The zero-order valence-electron chi connectivity index (χ0n) is 15.4. The smallest absolute Gasteiger partial charge is 0.239 e. The van der Waals surface area contributed by atoms with Gasteiger partial charge in [-0.1, -0.05) is 11.6 Å². The number of pyridine rings is 1. The van der Waals surface area contributed by atoms with Gasteiger partial charge in [-0.05, 0) is 36.8 Å². The number of ether oxygens (including phenoxy) is 2. The quantitative estimate of drug-likeness (QED) is 0.757. The molecular weight excluding hydrogens is 368 g/mol. The number of hydrogen-bond acceptors (Lipinski definition) is 6. The van der Waals surface area contributed by atoms with Crippen molar-refractivity contribution in [3.8, 4) is 11.5 Å². The summed E-state index contributed by atoms with van der Waals surface area (Å²) in [6, 6.07) is 7.62. The number of benzene rings is 1. The van der Waals surface area contributed by atoms with Crippen molar-refractivity contribution in [1.82, 2.24) is 10.3 Å². The van der Waals surface area contributed by atoms with Crippen LogP contribution >= 0.6 is 11.6 Å². The van der Waals surface area contributed by atoms with Crippen LogP contribution in [-0.2, 0) is 11.3 Å². The Kier molecular flexibility index (Phi) is 6.24. The minimum absolute atomic E-state index is 0.0201. The molecule has 27 heavy (non-hydrogen) atoms. The van der Waals surface area contributed by atoms with Crippen LogP contribution in [0.1, 0.15) is 12.5 Å². The number of piperazine rings is 1. The van der Waals surface area contributed by atoms with Crippen molar-refractivity contribution in [2.24, 2.45) is 0 Å². The fraction of sp³-hybridized carbons (Fsp3) is 0.368. The van der Waals surface area contributed by atoms with E-state index in [1.54, 1.807) is 13.3 Å². The second kappa shape index (κ2) is 8.81. The molecule has 3 rings (SSSR count). The molecule has 2 N–H and O–H groups in total. The van der Waals surface area contributed by atoms with E-state index < -0.39 is 0 Å². The van der Waals surface area contributed by atoms with E-state index in [1.165, 1.54) is 0 Å². The number of halogens is 1. The lowest BCUT2D eigenvalue weighted by Crippen LogP contribution is -2.48. The van der Waals surface area contributed by atoms with E-state index in [4.69, 9.17) is 21.1 Å². The molecular formula is C19H23ClN4O3. The predicted octanol–water partition coefficient (Wildman–Crippen LogP) is 2.69. The van der Waals surface area contributed by atoms with E-state index in [2.05, 4.69) is 15.6 Å². The van der Waals surface area contributed by atoms with Gasteiger partial charge in [0.1, 0.15) is 5.82 Å². The number of nitrogens with one attached hydrogen (secondary N) is 2. The maximum atomic E-state index is 11.5. The number of methoxy groups -OCH3 is 1. The van der Waals surface area contributed by atoms with Gasteiger partial charge in [0.15, 0.2) is 11.5 Å². The van der Waals surface area contributed by atoms with E-state index in [-0.39, 0.29) is 5.91 Å². The van der Waals surface area contributed by atoms with Crippen molar-refractivity contribution in [2.75, 3.05) is 43.6 Å². The summed E-state index contributed by atoms with van der Waals surface area (Å²) in [5.41, 5.74) is 1.85. The SMILES string of the molecule is CCOc1cc(CNc2ccc(N3CCNC(=O)C3)nc2)cc(Cl)c1OC. The molecule has 0 unspecified atom stereocenters. The topological polar surface area (TPSA) is 75.7 Å². The summed E-state index contributed by atoms with van der Waals surface area (Å²) in [6.07, 6.45) is 1.76. The highest BCUT2D eigenvalue weighted by atomic mass is 35.5. The molecule has 8 heteroatoms. The Labute approximate surface area is 163 Å². The summed E-state index contributed by atoms with van der Waals surface area (Å²) < 4.78 is 10.9. The molecule has 7 nitrogen and oxygen atoms in total. The van der Waals surface area contributed by atoms with E-state index in [1.807, 2.05) is 36.1 Å². The van der Waals surface area contributed by atoms with Crippen molar-refractivity contribution in [3.63, 3.8) is 0 Å². The number of hydrogen-bond donors (Lipinski definition) is 2. The van der Waals surface area contributed by atoms with Crippen LogP contribution in [0.25, 0.3) is 0 Å². The van der Waals surface area contributed by atoms with Crippen LogP contribution < -0.4 is 25.0 Å². The number of carbonyl (C=O) groups excluding carboxylic acids is 1. The van der Waals surface area contributed by atoms with Crippen molar-refractivity contribution >= 4 is 29.0 Å². The second-order valence-corrected chi connectivity index (χ2v) is 6.48. The number of rotatable bonds is 7. The van der Waals surface area contributed by atoms with Crippen molar-refractivity contribution in [1.29, 1.82) is 0 Å². The van der Waals surface area contributed by atoms with Gasteiger partial charge < -0.3 is 25.0 Å². The molecule has 1 aliphatic heterocycles. The minimum atomic E-state index is 0.0201. The Morgan fingerprint density at radius 1 is 1.37 bits per heavy atom. The first kappa shape index (κ1) is 19.1. The van der Waals surface area contributed by atoms with E-state index >= 15 is 0 Å². The van der Waals surface area contributed by atoms with Gasteiger partial charge in [-0.2, -0.15) is 0 Å². The summed E-state index contributed by atoms with van der Waals surface area (Å²) in [7, 11) is 1.57. The highest BCUT2D eigenvalue weighted by Gasteiger charge is 2.17. The number of nitrogens with zero attached hydrogens (tertiary/aromatic N) is 2. The molecule has 0 aliphatic carbocycles. The third kappa shape index (κ3) is 4.74. The molecule has 1 fully saturated rings. The van der Waals surface area contributed by atoms with Gasteiger partial charge >= 0.3 is 0 Å². The first-order valence-electron chi connectivity index (χ1n) is 8.81. The van der Waals surface area contributed by atoms with Crippen LogP contribution in [0, 0.1) is 0 Å². The van der Waals surface area contributed by atoms with Crippen molar-refractivity contribution in [3.05, 3.63) is 41.0 Å². The van der Waals surface area contributed by atoms with E-state index in [0.29, 0.717) is 42.8 Å². The maximum absolute atomic E-state index is 11.5. The van der Waals surface area contributed by atoms with Gasteiger partial charge in [0.05, 0.1) is 37.2 Å². The number of aromatic nitrogens is 1. The molecule has 144 valence electrons. The molecule has 1 aromatic carbocycles. The van der Waals surface area contributed by atoms with E-state index in [9.17, 15) is 4.79 Å². The molecule has 0 atom stereocenters. The lowest BCUT2D eigenvalue weighted by Gasteiger charge is -2.27. The molecule has 1 amide bonds. The van der Waals surface area contributed by atoms with Crippen LogP contribution in [0.4, 0.5) is 11.5 Å². The fourth-order valence-corrected chi connectivity index (χ4v) is 3.21. The number of carbonyl (C=O) groups is 1. The molecule has 2 aromatic rings. The van der Waals surface area contributed by atoms with Crippen LogP contribution in [0.15, 0.2) is 30.5 Å². The van der Waals surface area contributed by atoms with Gasteiger partial charge in [-0.25, -0.2) is 4.98 Å². The van der Waals surface area contributed by atoms with Crippen molar-refractivity contribution in [2.45, 2.75) is 13.5 Å². The summed E-state index contributed by atoms with van der Waals surface area (Å²) in [5.74, 6) is 1.98. The number of anilines is 2. The normalized spacial score (nSPS) is 13.9. The molecule has 0 saturated carbocycles. The summed E-state index contributed by atoms with van der Waals surface area (Å²) in [4.78, 5) is 17.9. The largest absolute Gasteiger partial charge is 0.491 e. The number of amides is 1. The van der Waals surface area contributed by atoms with Gasteiger partial charge in [0.25, 0.3) is 0 Å². The van der Waals surface area contributed by atoms with Gasteiger partial charge in [-0.3, -0.25) is 4.79 Å². The van der Waals surface area contributed by atoms with Crippen LogP contribution in [0.2, 0.25) is 5.02 Å². The molecule has 0 radical (unpaired) electrons. The summed E-state index contributed by atoms with van der Waals surface area (Å²) in [5, 5.41) is 6.64. The Balaban J connectivity index is 1.65. The van der Waals surface area contributed by atoms with Gasteiger partial charge in [0, 0.05) is 19.6 Å². The zero-order chi connectivity index (χ0) is 19.2. The highest BCUT2D eigenvalue weighted by Crippen LogP contribution is 2.36. The first-order valence-corrected chi connectivity index (χ1v) is 9.19. The standard InChI is InChI=1S/C19H23ClN4O3/c1-3-27-16-9-13(8-15(20)19(16)26-2)10-22-14-4-5-17(23-11-14)24-7-6-21-18(25)12-24/h4-5,8-9,11,22H,3,6-7,10,12H2,1-2H3,(H,21,25). The lowest BCUT2D eigenvalue weighted by atomic mass is 10.2.